The lowest BCUT2D eigenvalue weighted by Gasteiger charge is -2.42. The van der Waals surface area contributed by atoms with E-state index in [9.17, 15) is 14.0 Å². The number of anilines is 2. The SMILES string of the molecule is Cc1cn2cc(NC(=O)c3ccc(N4C[C@H]5CC[C@@H](C4)N5C(=O)OC(C)(C)C)c4ccnnc34)cc(F)c2n1. The summed E-state index contributed by atoms with van der Waals surface area (Å²) in [5.41, 5.74) is 2.35. The predicted molar refractivity (Wildman–Crippen MR) is 144 cm³/mol. The van der Waals surface area contributed by atoms with Gasteiger partial charge in [-0.1, -0.05) is 0 Å². The first-order chi connectivity index (χ1) is 18.6. The van der Waals surface area contributed by atoms with Crippen LogP contribution in [0.2, 0.25) is 0 Å². The summed E-state index contributed by atoms with van der Waals surface area (Å²) in [6.45, 7) is 8.72. The van der Waals surface area contributed by atoms with Gasteiger partial charge in [0.15, 0.2) is 11.5 Å². The van der Waals surface area contributed by atoms with Crippen LogP contribution >= 0.6 is 0 Å². The molecule has 5 heterocycles. The minimum absolute atomic E-state index is 0.0445. The summed E-state index contributed by atoms with van der Waals surface area (Å²) in [4.78, 5) is 34.5. The Morgan fingerprint density at radius 1 is 1.10 bits per heavy atom. The molecule has 39 heavy (non-hydrogen) atoms. The maximum atomic E-state index is 14.6. The van der Waals surface area contributed by atoms with E-state index in [1.54, 1.807) is 36.0 Å². The molecule has 3 aromatic heterocycles. The summed E-state index contributed by atoms with van der Waals surface area (Å²) in [7, 11) is 0. The molecular weight excluding hydrogens is 501 g/mol. The molecule has 202 valence electrons. The number of nitrogens with one attached hydrogen (secondary N) is 1. The molecule has 2 aliphatic heterocycles. The number of aromatic nitrogens is 4. The highest BCUT2D eigenvalue weighted by Crippen LogP contribution is 2.37. The van der Waals surface area contributed by atoms with Crippen LogP contribution in [-0.4, -0.2) is 67.3 Å². The first-order valence-corrected chi connectivity index (χ1v) is 13.0. The fraction of sp³-hybridized carbons (Fsp3) is 0.393. The quantitative estimate of drug-likeness (QED) is 0.413. The highest BCUT2D eigenvalue weighted by Gasteiger charge is 2.44. The Balaban J connectivity index is 1.27. The second kappa shape index (κ2) is 9.18. The number of fused-ring (bicyclic) bond motifs is 4. The second-order valence-corrected chi connectivity index (χ2v) is 11.2. The Hall–Kier alpha value is -4.28. The lowest BCUT2D eigenvalue weighted by molar-refractivity contribution is 0.0123. The van der Waals surface area contributed by atoms with Gasteiger partial charge in [-0.2, -0.15) is 5.10 Å². The maximum Gasteiger partial charge on any atom is 0.410 e. The van der Waals surface area contributed by atoms with Crippen molar-refractivity contribution in [2.45, 2.75) is 58.2 Å². The zero-order chi connectivity index (χ0) is 27.5. The van der Waals surface area contributed by atoms with Crippen LogP contribution in [0.15, 0.2) is 42.9 Å². The van der Waals surface area contributed by atoms with Gasteiger partial charge in [0.05, 0.1) is 35.2 Å². The molecule has 1 aromatic carbocycles. The number of piperazine rings is 1. The van der Waals surface area contributed by atoms with E-state index in [2.05, 4.69) is 25.4 Å². The van der Waals surface area contributed by atoms with Crippen LogP contribution in [0.1, 0.15) is 49.7 Å². The topological polar surface area (TPSA) is 105 Å². The minimum atomic E-state index is -0.547. The van der Waals surface area contributed by atoms with Crippen molar-refractivity contribution in [2.24, 2.45) is 0 Å². The molecule has 0 unspecified atom stereocenters. The highest BCUT2D eigenvalue weighted by molar-refractivity contribution is 6.13. The van der Waals surface area contributed by atoms with Crippen LogP contribution < -0.4 is 10.2 Å². The molecule has 2 atom stereocenters. The van der Waals surface area contributed by atoms with Gasteiger partial charge < -0.3 is 19.4 Å². The number of aryl methyl sites for hydroxylation is 1. The third kappa shape index (κ3) is 4.62. The second-order valence-electron chi connectivity index (χ2n) is 11.2. The normalized spacial score (nSPS) is 19.1. The summed E-state index contributed by atoms with van der Waals surface area (Å²) in [6, 6.07) is 6.81. The Labute approximate surface area is 224 Å². The van der Waals surface area contributed by atoms with Gasteiger partial charge in [0, 0.05) is 42.6 Å². The van der Waals surface area contributed by atoms with Crippen molar-refractivity contribution in [3.63, 3.8) is 0 Å². The van der Waals surface area contributed by atoms with Crippen LogP contribution in [0.3, 0.4) is 0 Å². The number of carbonyl (C=O) groups is 2. The Morgan fingerprint density at radius 2 is 1.85 bits per heavy atom. The van der Waals surface area contributed by atoms with Gasteiger partial charge in [-0.3, -0.25) is 9.69 Å². The fourth-order valence-electron chi connectivity index (χ4n) is 5.69. The van der Waals surface area contributed by atoms with E-state index >= 15 is 0 Å². The van der Waals surface area contributed by atoms with Crippen LogP contribution in [0.4, 0.5) is 20.6 Å². The first kappa shape index (κ1) is 25.0. The molecule has 2 aliphatic rings. The molecule has 10 nitrogen and oxygen atoms in total. The van der Waals surface area contributed by atoms with Crippen molar-refractivity contribution >= 4 is 39.9 Å². The molecule has 2 fully saturated rings. The molecular formula is C28H30FN7O3. The zero-order valence-corrected chi connectivity index (χ0v) is 22.3. The number of carbonyl (C=O) groups excluding carboxylic acids is 2. The lowest BCUT2D eigenvalue weighted by atomic mass is 10.0. The van der Waals surface area contributed by atoms with E-state index in [4.69, 9.17) is 4.74 Å². The molecule has 0 aliphatic carbocycles. The molecule has 2 saturated heterocycles. The van der Waals surface area contributed by atoms with Gasteiger partial charge in [0.2, 0.25) is 0 Å². The summed E-state index contributed by atoms with van der Waals surface area (Å²) in [6.07, 6.45) is 6.48. The van der Waals surface area contributed by atoms with Crippen LogP contribution in [0.5, 0.6) is 0 Å². The van der Waals surface area contributed by atoms with Gasteiger partial charge >= 0.3 is 6.09 Å². The number of pyridine rings is 1. The molecule has 4 aromatic rings. The van der Waals surface area contributed by atoms with Crippen LogP contribution in [-0.2, 0) is 4.74 Å². The van der Waals surface area contributed by atoms with Gasteiger partial charge in [0.1, 0.15) is 11.1 Å². The van der Waals surface area contributed by atoms with Gasteiger partial charge in [-0.25, -0.2) is 14.2 Å². The molecule has 2 amide bonds. The summed E-state index contributed by atoms with van der Waals surface area (Å²) in [5, 5.41) is 11.9. The van der Waals surface area contributed by atoms with Gasteiger partial charge in [-0.15, -0.1) is 5.10 Å². The fourth-order valence-corrected chi connectivity index (χ4v) is 5.69. The van der Waals surface area contributed by atoms with Crippen LogP contribution in [0, 0.1) is 12.7 Å². The van der Waals surface area contributed by atoms with E-state index < -0.39 is 17.3 Å². The summed E-state index contributed by atoms with van der Waals surface area (Å²) in [5.74, 6) is -0.946. The predicted octanol–water partition coefficient (Wildman–Crippen LogP) is 4.57. The maximum absolute atomic E-state index is 14.6. The smallest absolute Gasteiger partial charge is 0.410 e. The van der Waals surface area contributed by atoms with E-state index in [-0.39, 0.29) is 23.8 Å². The Bertz CT molecular complexity index is 1600. The molecule has 0 radical (unpaired) electrons. The van der Waals surface area contributed by atoms with Crippen molar-refractivity contribution < 1.29 is 18.7 Å². The number of hydrogen-bond acceptors (Lipinski definition) is 7. The third-order valence-electron chi connectivity index (χ3n) is 7.22. The lowest BCUT2D eigenvalue weighted by Crippen LogP contribution is -2.56. The van der Waals surface area contributed by atoms with E-state index in [1.165, 1.54) is 6.07 Å². The molecule has 11 heteroatoms. The minimum Gasteiger partial charge on any atom is -0.444 e. The molecule has 2 bridgehead atoms. The number of rotatable bonds is 3. The number of amides is 2. The van der Waals surface area contributed by atoms with E-state index in [0.29, 0.717) is 35.6 Å². The van der Waals surface area contributed by atoms with Crippen molar-refractivity contribution in [2.75, 3.05) is 23.3 Å². The summed E-state index contributed by atoms with van der Waals surface area (Å²) >= 11 is 0. The van der Waals surface area contributed by atoms with Gasteiger partial charge in [0.25, 0.3) is 5.91 Å². The van der Waals surface area contributed by atoms with Gasteiger partial charge in [-0.05, 0) is 58.7 Å². The molecule has 0 saturated carbocycles. The Morgan fingerprint density at radius 3 is 2.56 bits per heavy atom. The monoisotopic (exact) mass is 531 g/mol. The summed E-state index contributed by atoms with van der Waals surface area (Å²) < 4.78 is 21.8. The number of benzene rings is 1. The standard InChI is InChI=1S/C28H30FN7O3/c1-16-12-35-13-17(11-22(29)25(35)31-16)32-26(37)21-7-8-23(20-9-10-30-33-24(20)21)34-14-18-5-6-19(15-34)36(18)27(38)39-28(2,3)4/h7-13,18-19H,5-6,14-15H2,1-4H3,(H,32,37)/t18-,19+. The number of imidazole rings is 1. The van der Waals surface area contributed by atoms with Crippen molar-refractivity contribution in [3.05, 3.63) is 59.9 Å². The number of halogens is 1. The molecule has 0 spiro atoms. The van der Waals surface area contributed by atoms with Crippen molar-refractivity contribution in [1.82, 2.24) is 24.5 Å². The number of ether oxygens (including phenoxy) is 1. The van der Waals surface area contributed by atoms with Crippen molar-refractivity contribution in [3.8, 4) is 0 Å². The highest BCUT2D eigenvalue weighted by atomic mass is 19.1. The third-order valence-corrected chi connectivity index (χ3v) is 7.22. The van der Waals surface area contributed by atoms with E-state index in [0.717, 1.165) is 23.9 Å². The van der Waals surface area contributed by atoms with E-state index in [1.807, 2.05) is 37.8 Å². The Kier molecular flexibility index (Phi) is 5.89. The first-order valence-electron chi connectivity index (χ1n) is 13.0. The van der Waals surface area contributed by atoms with Crippen molar-refractivity contribution in [1.29, 1.82) is 0 Å². The van der Waals surface area contributed by atoms with Crippen LogP contribution in [0.25, 0.3) is 16.6 Å². The molecule has 1 N–H and O–H groups in total. The zero-order valence-electron chi connectivity index (χ0n) is 22.3. The number of hydrogen-bond donors (Lipinski definition) is 1. The molecule has 6 rings (SSSR count). The average molecular weight is 532 g/mol. The average Bonchev–Trinajstić information content (AvgIpc) is 3.38. The largest absolute Gasteiger partial charge is 0.444 e. The number of nitrogens with zero attached hydrogens (tertiary/aromatic N) is 6.